The van der Waals surface area contributed by atoms with Crippen LogP contribution >= 0.6 is 0 Å². The van der Waals surface area contributed by atoms with Gasteiger partial charge in [-0.05, 0) is 24.3 Å². The Morgan fingerprint density at radius 2 is 2.13 bits per heavy atom. The molecule has 4 nitrogen and oxygen atoms in total. The maximum Gasteiger partial charge on any atom is 0.339 e. The highest BCUT2D eigenvalue weighted by Crippen LogP contribution is 2.43. The Morgan fingerprint density at radius 1 is 1.47 bits per heavy atom. The Kier molecular flexibility index (Phi) is 2.38. The number of aliphatic hydroxyl groups is 1. The van der Waals surface area contributed by atoms with Gasteiger partial charge in [0.15, 0.2) is 5.78 Å². The van der Waals surface area contributed by atoms with E-state index in [2.05, 4.69) is 0 Å². The number of carboxylic acids is 1. The van der Waals surface area contributed by atoms with Crippen molar-refractivity contribution in [1.29, 1.82) is 0 Å². The van der Waals surface area contributed by atoms with Gasteiger partial charge in [0.1, 0.15) is 5.57 Å². The quantitative estimate of drug-likeness (QED) is 0.626. The molecule has 15 heavy (non-hydrogen) atoms. The maximum atomic E-state index is 11.5. The third-order valence-electron chi connectivity index (χ3n) is 3.48. The molecule has 2 aliphatic rings. The van der Waals surface area contributed by atoms with E-state index in [0.29, 0.717) is 18.4 Å². The topological polar surface area (TPSA) is 74.6 Å². The third-order valence-corrected chi connectivity index (χ3v) is 3.48. The van der Waals surface area contributed by atoms with Crippen LogP contribution in [0.5, 0.6) is 0 Å². The lowest BCUT2D eigenvalue weighted by Gasteiger charge is -2.22. The highest BCUT2D eigenvalue weighted by Gasteiger charge is 2.42. The van der Waals surface area contributed by atoms with Crippen LogP contribution in [0, 0.1) is 11.8 Å². The number of hydrogen-bond acceptors (Lipinski definition) is 3. The number of hydrogen-bond donors (Lipinski definition) is 2. The molecule has 2 aliphatic carbocycles. The summed E-state index contributed by atoms with van der Waals surface area (Å²) in [6.07, 6.45) is 0.900. The van der Waals surface area contributed by atoms with Crippen LogP contribution in [0.1, 0.15) is 26.2 Å². The molecule has 0 aromatic rings. The minimum atomic E-state index is -1.14. The van der Waals surface area contributed by atoms with Crippen LogP contribution in [0.4, 0.5) is 0 Å². The van der Waals surface area contributed by atoms with Crippen molar-refractivity contribution in [3.63, 3.8) is 0 Å². The van der Waals surface area contributed by atoms with Gasteiger partial charge in [-0.2, -0.15) is 0 Å². The van der Waals surface area contributed by atoms with Gasteiger partial charge in [0.25, 0.3) is 0 Å². The van der Waals surface area contributed by atoms with Gasteiger partial charge < -0.3 is 10.2 Å². The van der Waals surface area contributed by atoms with Gasteiger partial charge in [0.05, 0.1) is 6.10 Å². The number of carboxylic acid groups (broad SMARTS) is 1. The average molecular weight is 210 g/mol. The lowest BCUT2D eigenvalue weighted by atomic mass is 9.83. The molecule has 0 heterocycles. The van der Waals surface area contributed by atoms with Crippen LogP contribution in [0.3, 0.4) is 0 Å². The number of carbonyl (C=O) groups is 2. The van der Waals surface area contributed by atoms with Crippen molar-refractivity contribution < 1.29 is 19.8 Å². The van der Waals surface area contributed by atoms with Crippen molar-refractivity contribution in [2.75, 3.05) is 0 Å². The number of aliphatic hydroxyl groups excluding tert-OH is 1. The van der Waals surface area contributed by atoms with Crippen LogP contribution in [-0.2, 0) is 9.59 Å². The number of fused-ring (bicyclic) bond motifs is 1. The number of Topliss-reactive ketones (excluding diaryl/α,β-unsaturated/α-hetero) is 1. The molecule has 0 aromatic heterocycles. The summed E-state index contributed by atoms with van der Waals surface area (Å²) in [5.74, 6) is -1.47. The van der Waals surface area contributed by atoms with Crippen molar-refractivity contribution in [3.05, 3.63) is 11.1 Å². The number of ketones is 1. The normalized spacial score (nSPS) is 35.6. The summed E-state index contributed by atoms with van der Waals surface area (Å²) in [6.45, 7) is 1.89. The molecule has 2 N–H and O–H groups in total. The number of rotatable bonds is 1. The van der Waals surface area contributed by atoms with Crippen molar-refractivity contribution in [3.8, 4) is 0 Å². The largest absolute Gasteiger partial charge is 0.478 e. The molecule has 0 aliphatic heterocycles. The van der Waals surface area contributed by atoms with E-state index in [-0.39, 0.29) is 29.6 Å². The fourth-order valence-corrected chi connectivity index (χ4v) is 2.70. The van der Waals surface area contributed by atoms with Crippen LogP contribution < -0.4 is 0 Å². The van der Waals surface area contributed by atoms with Gasteiger partial charge in [-0.25, -0.2) is 4.79 Å². The smallest absolute Gasteiger partial charge is 0.339 e. The number of carbonyl (C=O) groups excluding carboxylic acids is 1. The maximum absolute atomic E-state index is 11.5. The molecule has 1 fully saturated rings. The van der Waals surface area contributed by atoms with Crippen LogP contribution in [0.15, 0.2) is 11.1 Å². The standard InChI is InChI=1S/C11H14O4/c1-5-4-7-6(10(5)13)2-3-8(12)9(7)11(14)15/h5-6,10,13H,2-4H2,1H3,(H,14,15)/t5?,6?,10-/m1/s1. The first-order valence-electron chi connectivity index (χ1n) is 5.20. The molecule has 3 atom stereocenters. The van der Waals surface area contributed by atoms with Gasteiger partial charge in [0, 0.05) is 12.3 Å². The average Bonchev–Trinajstić information content (AvgIpc) is 2.42. The summed E-state index contributed by atoms with van der Waals surface area (Å²) in [4.78, 5) is 22.4. The first kappa shape index (κ1) is 10.4. The van der Waals surface area contributed by atoms with E-state index in [1.165, 1.54) is 0 Å². The molecule has 82 valence electrons. The second-order valence-corrected chi connectivity index (χ2v) is 4.45. The Morgan fingerprint density at radius 3 is 2.73 bits per heavy atom. The molecule has 4 heteroatoms. The second-order valence-electron chi connectivity index (χ2n) is 4.45. The number of aliphatic carboxylic acids is 1. The van der Waals surface area contributed by atoms with E-state index in [0.717, 1.165) is 0 Å². The van der Waals surface area contributed by atoms with E-state index in [4.69, 9.17) is 5.11 Å². The molecule has 0 bridgehead atoms. The van der Waals surface area contributed by atoms with Crippen LogP contribution in [0.2, 0.25) is 0 Å². The molecular formula is C11H14O4. The first-order valence-corrected chi connectivity index (χ1v) is 5.20. The molecule has 2 rings (SSSR count). The fraction of sp³-hybridized carbons (Fsp3) is 0.636. The Balaban J connectivity index is 2.46. The monoisotopic (exact) mass is 210 g/mol. The minimum Gasteiger partial charge on any atom is -0.478 e. The van der Waals surface area contributed by atoms with Gasteiger partial charge >= 0.3 is 5.97 Å². The molecule has 1 saturated carbocycles. The van der Waals surface area contributed by atoms with E-state index < -0.39 is 12.1 Å². The summed E-state index contributed by atoms with van der Waals surface area (Å²) in [5, 5.41) is 18.8. The molecule has 0 aromatic carbocycles. The zero-order valence-corrected chi connectivity index (χ0v) is 8.56. The third kappa shape index (κ3) is 1.49. The van der Waals surface area contributed by atoms with Crippen molar-refractivity contribution in [2.45, 2.75) is 32.3 Å². The van der Waals surface area contributed by atoms with Gasteiger partial charge in [-0.3, -0.25) is 4.79 Å². The summed E-state index contributed by atoms with van der Waals surface area (Å²) in [6, 6.07) is 0. The predicted molar refractivity (Wildman–Crippen MR) is 52.2 cm³/mol. The Bertz CT molecular complexity index is 356. The van der Waals surface area contributed by atoms with E-state index in [1.54, 1.807) is 0 Å². The van der Waals surface area contributed by atoms with Crippen LogP contribution in [-0.4, -0.2) is 28.1 Å². The van der Waals surface area contributed by atoms with Gasteiger partial charge in [-0.15, -0.1) is 0 Å². The fourth-order valence-electron chi connectivity index (χ4n) is 2.70. The molecule has 0 amide bonds. The lowest BCUT2D eigenvalue weighted by molar-refractivity contribution is -0.135. The van der Waals surface area contributed by atoms with Crippen molar-refractivity contribution in [1.82, 2.24) is 0 Å². The molecular weight excluding hydrogens is 196 g/mol. The van der Waals surface area contributed by atoms with E-state index in [1.807, 2.05) is 6.92 Å². The first-order chi connectivity index (χ1) is 7.02. The lowest BCUT2D eigenvalue weighted by Crippen LogP contribution is -2.27. The minimum absolute atomic E-state index is 0.0604. The Hall–Kier alpha value is -1.16. The zero-order chi connectivity index (χ0) is 11.2. The molecule has 0 spiro atoms. The summed E-state index contributed by atoms with van der Waals surface area (Å²) in [5.41, 5.74) is 0.605. The SMILES string of the molecule is CC1CC2=C(C(=O)O)C(=O)CCC2[C@@H]1O. The molecule has 0 radical (unpaired) electrons. The summed E-state index contributed by atoms with van der Waals surface area (Å²) in [7, 11) is 0. The summed E-state index contributed by atoms with van der Waals surface area (Å²) >= 11 is 0. The Labute approximate surface area is 87.6 Å². The van der Waals surface area contributed by atoms with Crippen molar-refractivity contribution >= 4 is 11.8 Å². The molecule has 2 unspecified atom stereocenters. The van der Waals surface area contributed by atoms with Crippen LogP contribution in [0.25, 0.3) is 0 Å². The zero-order valence-electron chi connectivity index (χ0n) is 8.56. The second kappa shape index (κ2) is 3.45. The van der Waals surface area contributed by atoms with Gasteiger partial charge in [-0.1, -0.05) is 6.92 Å². The highest BCUT2D eigenvalue weighted by atomic mass is 16.4. The van der Waals surface area contributed by atoms with Crippen molar-refractivity contribution in [2.24, 2.45) is 11.8 Å². The van der Waals surface area contributed by atoms with E-state index in [9.17, 15) is 14.7 Å². The van der Waals surface area contributed by atoms with Gasteiger partial charge in [0.2, 0.25) is 0 Å². The molecule has 0 saturated heterocycles. The predicted octanol–water partition coefficient (Wildman–Crippen LogP) is 0.747. The van der Waals surface area contributed by atoms with E-state index >= 15 is 0 Å². The summed E-state index contributed by atoms with van der Waals surface area (Å²) < 4.78 is 0. The highest BCUT2D eigenvalue weighted by molar-refractivity contribution is 6.17.